The minimum atomic E-state index is -2.94. The number of hydrogen-bond acceptors (Lipinski definition) is 3. The highest BCUT2D eigenvalue weighted by molar-refractivity contribution is 7.53. The van der Waals surface area contributed by atoms with Gasteiger partial charge in [-0.05, 0) is 19.9 Å². The predicted octanol–water partition coefficient (Wildman–Crippen LogP) is 4.18. The van der Waals surface area contributed by atoms with Gasteiger partial charge in [-0.2, -0.15) is 0 Å². The van der Waals surface area contributed by atoms with Gasteiger partial charge in [0.25, 0.3) is 0 Å². The van der Waals surface area contributed by atoms with Crippen LogP contribution in [-0.4, -0.2) is 6.66 Å². The molecule has 1 aromatic rings. The second-order valence-corrected chi connectivity index (χ2v) is 5.87. The summed E-state index contributed by atoms with van der Waals surface area (Å²) >= 11 is 0. The summed E-state index contributed by atoms with van der Waals surface area (Å²) in [7, 11) is -2.94. The van der Waals surface area contributed by atoms with Crippen molar-refractivity contribution in [3.05, 3.63) is 29.8 Å². The van der Waals surface area contributed by atoms with Crippen molar-refractivity contribution in [2.24, 2.45) is 0 Å². The molecular formula is C12H19O3P. The Bertz CT molecular complexity index is 412. The maximum absolute atomic E-state index is 11.8. The van der Waals surface area contributed by atoms with Crippen LogP contribution in [-0.2, 0) is 14.7 Å². The maximum Gasteiger partial charge on any atom is 0.376 e. The van der Waals surface area contributed by atoms with E-state index in [-0.39, 0.29) is 0 Å². The smallest absolute Gasteiger partial charge is 0.376 e. The standard InChI is InChI=1S/C10H13O3P.C2H6/c1-10(2)8-6-4-5-7-9(8)12-14(3,11)13-10;1-2/h4-7H,1-3H3;1-2H3. The lowest BCUT2D eigenvalue weighted by molar-refractivity contribution is 0.0786. The number of para-hydroxylation sites is 1. The molecule has 0 amide bonds. The van der Waals surface area contributed by atoms with Gasteiger partial charge in [-0.15, -0.1) is 0 Å². The minimum Gasteiger partial charge on any atom is -0.424 e. The lowest BCUT2D eigenvalue weighted by Gasteiger charge is -2.35. The molecule has 2 rings (SSSR count). The fourth-order valence-corrected chi connectivity index (χ4v) is 3.19. The van der Waals surface area contributed by atoms with Gasteiger partial charge in [0, 0.05) is 12.2 Å². The first-order valence-corrected chi connectivity index (χ1v) is 7.47. The summed E-state index contributed by atoms with van der Waals surface area (Å²) in [6.07, 6.45) is 0. The van der Waals surface area contributed by atoms with E-state index >= 15 is 0 Å². The average Bonchev–Trinajstić information content (AvgIpc) is 2.17. The molecule has 1 heterocycles. The van der Waals surface area contributed by atoms with Crippen LogP contribution in [0.25, 0.3) is 0 Å². The number of benzene rings is 1. The van der Waals surface area contributed by atoms with E-state index in [1.807, 2.05) is 52.0 Å². The lowest BCUT2D eigenvalue weighted by atomic mass is 9.98. The molecular weight excluding hydrogens is 223 g/mol. The van der Waals surface area contributed by atoms with Crippen molar-refractivity contribution in [3.8, 4) is 5.75 Å². The monoisotopic (exact) mass is 242 g/mol. The van der Waals surface area contributed by atoms with Gasteiger partial charge in [0.1, 0.15) is 11.4 Å². The van der Waals surface area contributed by atoms with Crippen LogP contribution in [0.5, 0.6) is 5.75 Å². The van der Waals surface area contributed by atoms with Crippen molar-refractivity contribution in [1.82, 2.24) is 0 Å². The molecule has 0 N–H and O–H groups in total. The first-order valence-electron chi connectivity index (χ1n) is 5.48. The van der Waals surface area contributed by atoms with E-state index < -0.39 is 13.2 Å². The van der Waals surface area contributed by atoms with Gasteiger partial charge in [0.15, 0.2) is 0 Å². The Morgan fingerprint density at radius 2 is 1.75 bits per heavy atom. The van der Waals surface area contributed by atoms with Crippen LogP contribution in [0.2, 0.25) is 0 Å². The highest BCUT2D eigenvalue weighted by Gasteiger charge is 2.39. The van der Waals surface area contributed by atoms with Gasteiger partial charge in [-0.3, -0.25) is 4.52 Å². The lowest BCUT2D eigenvalue weighted by Crippen LogP contribution is -2.26. The van der Waals surface area contributed by atoms with Crippen LogP contribution >= 0.6 is 7.60 Å². The van der Waals surface area contributed by atoms with E-state index in [0.717, 1.165) is 5.56 Å². The molecule has 0 spiro atoms. The van der Waals surface area contributed by atoms with Crippen LogP contribution in [0.15, 0.2) is 24.3 Å². The van der Waals surface area contributed by atoms with E-state index in [4.69, 9.17) is 9.05 Å². The topological polar surface area (TPSA) is 35.5 Å². The van der Waals surface area contributed by atoms with Crippen molar-refractivity contribution in [2.45, 2.75) is 33.3 Å². The Morgan fingerprint density at radius 3 is 2.38 bits per heavy atom. The predicted molar refractivity (Wildman–Crippen MR) is 66.1 cm³/mol. The third kappa shape index (κ3) is 2.66. The third-order valence-corrected chi connectivity index (χ3v) is 3.51. The highest BCUT2D eigenvalue weighted by Crippen LogP contribution is 2.56. The second kappa shape index (κ2) is 4.60. The summed E-state index contributed by atoms with van der Waals surface area (Å²) in [5.41, 5.74) is 0.396. The van der Waals surface area contributed by atoms with Crippen LogP contribution in [0, 0.1) is 0 Å². The van der Waals surface area contributed by atoms with Gasteiger partial charge in [-0.1, -0.05) is 32.0 Å². The van der Waals surface area contributed by atoms with E-state index in [1.54, 1.807) is 0 Å². The molecule has 1 aliphatic heterocycles. The van der Waals surface area contributed by atoms with Crippen molar-refractivity contribution in [1.29, 1.82) is 0 Å². The van der Waals surface area contributed by atoms with Crippen LogP contribution < -0.4 is 4.52 Å². The van der Waals surface area contributed by atoms with Crippen LogP contribution in [0.4, 0.5) is 0 Å². The summed E-state index contributed by atoms with van der Waals surface area (Å²) in [6, 6.07) is 7.52. The molecule has 0 aliphatic carbocycles. The molecule has 0 saturated heterocycles. The zero-order chi connectivity index (χ0) is 12.4. The quantitative estimate of drug-likeness (QED) is 0.640. The Labute approximate surface area is 97.3 Å². The molecule has 3 nitrogen and oxygen atoms in total. The summed E-state index contributed by atoms with van der Waals surface area (Å²) in [5.74, 6) is 0.662. The number of rotatable bonds is 0. The van der Waals surface area contributed by atoms with Gasteiger partial charge < -0.3 is 4.52 Å². The maximum atomic E-state index is 11.8. The van der Waals surface area contributed by atoms with E-state index in [0.29, 0.717) is 5.75 Å². The van der Waals surface area contributed by atoms with Gasteiger partial charge in [0.2, 0.25) is 0 Å². The van der Waals surface area contributed by atoms with Crippen LogP contribution in [0.1, 0.15) is 33.3 Å². The normalized spacial score (nSPS) is 25.8. The molecule has 0 fully saturated rings. The molecule has 1 unspecified atom stereocenters. The molecule has 0 aromatic heterocycles. The zero-order valence-corrected chi connectivity index (χ0v) is 11.4. The second-order valence-electron chi connectivity index (χ2n) is 3.96. The third-order valence-electron chi connectivity index (χ3n) is 2.19. The van der Waals surface area contributed by atoms with E-state index in [9.17, 15) is 4.57 Å². The van der Waals surface area contributed by atoms with Gasteiger partial charge >= 0.3 is 7.60 Å². The molecule has 90 valence electrons. The highest BCUT2D eigenvalue weighted by atomic mass is 31.2. The van der Waals surface area contributed by atoms with E-state index in [2.05, 4.69) is 0 Å². The van der Waals surface area contributed by atoms with Gasteiger partial charge in [0.05, 0.1) is 0 Å². The molecule has 1 aliphatic rings. The Hall–Kier alpha value is -0.790. The Kier molecular flexibility index (Phi) is 3.82. The summed E-state index contributed by atoms with van der Waals surface area (Å²) in [6.45, 7) is 9.28. The molecule has 1 aromatic carbocycles. The minimum absolute atomic E-state index is 0.543. The molecule has 0 radical (unpaired) electrons. The molecule has 16 heavy (non-hydrogen) atoms. The number of hydrogen-bond donors (Lipinski definition) is 0. The van der Waals surface area contributed by atoms with Crippen molar-refractivity contribution >= 4 is 7.60 Å². The van der Waals surface area contributed by atoms with Crippen molar-refractivity contribution < 1.29 is 13.6 Å². The first kappa shape index (κ1) is 13.3. The molecule has 0 saturated carbocycles. The van der Waals surface area contributed by atoms with Crippen molar-refractivity contribution in [3.63, 3.8) is 0 Å². The summed E-state index contributed by atoms with van der Waals surface area (Å²) in [4.78, 5) is 0. The SMILES string of the molecule is CC.CC1(C)OP(C)(=O)Oc2ccccc21. The Morgan fingerprint density at radius 1 is 1.19 bits per heavy atom. The molecule has 4 heteroatoms. The Balaban J connectivity index is 0.000000606. The fraction of sp³-hybridized carbons (Fsp3) is 0.500. The molecule has 1 atom stereocenters. The first-order chi connectivity index (χ1) is 7.41. The molecule has 0 bridgehead atoms. The summed E-state index contributed by atoms with van der Waals surface area (Å²) in [5, 5.41) is 0. The summed E-state index contributed by atoms with van der Waals surface area (Å²) < 4.78 is 22.5. The van der Waals surface area contributed by atoms with E-state index in [1.165, 1.54) is 6.66 Å². The average molecular weight is 242 g/mol. The van der Waals surface area contributed by atoms with Crippen LogP contribution in [0.3, 0.4) is 0 Å². The zero-order valence-electron chi connectivity index (χ0n) is 10.5. The number of fused-ring (bicyclic) bond motifs is 1. The van der Waals surface area contributed by atoms with Crippen molar-refractivity contribution in [2.75, 3.05) is 6.66 Å². The largest absolute Gasteiger partial charge is 0.424 e. The fourth-order valence-electron chi connectivity index (χ4n) is 1.70. The van der Waals surface area contributed by atoms with Gasteiger partial charge in [-0.25, -0.2) is 4.57 Å².